The van der Waals surface area contributed by atoms with Crippen LogP contribution in [0.15, 0.2) is 61.1 Å². The van der Waals surface area contributed by atoms with Crippen molar-refractivity contribution in [3.05, 3.63) is 83.6 Å². The summed E-state index contributed by atoms with van der Waals surface area (Å²) in [5.41, 5.74) is 5.59. The van der Waals surface area contributed by atoms with E-state index < -0.39 is 0 Å². The van der Waals surface area contributed by atoms with Gasteiger partial charge in [0.25, 0.3) is 5.91 Å². The summed E-state index contributed by atoms with van der Waals surface area (Å²) in [7, 11) is 0. The molecule has 2 N–H and O–H groups in total. The van der Waals surface area contributed by atoms with Crippen molar-refractivity contribution in [2.24, 2.45) is 0 Å². The van der Waals surface area contributed by atoms with Gasteiger partial charge < -0.3 is 10.3 Å². The van der Waals surface area contributed by atoms with E-state index in [4.69, 9.17) is 0 Å². The van der Waals surface area contributed by atoms with Gasteiger partial charge in [-0.3, -0.25) is 14.8 Å². The molecular weight excluding hydrogens is 324 g/mol. The summed E-state index contributed by atoms with van der Waals surface area (Å²) in [5, 5.41) is 2.87. The van der Waals surface area contributed by atoms with Crippen molar-refractivity contribution in [1.29, 1.82) is 0 Å². The molecule has 0 bridgehead atoms. The molecule has 0 atom stereocenters. The minimum atomic E-state index is -0.0107. The van der Waals surface area contributed by atoms with Crippen molar-refractivity contribution in [2.75, 3.05) is 6.54 Å². The molecule has 0 saturated heterocycles. The number of nitrogens with zero attached hydrogens (tertiary/aromatic N) is 2. The summed E-state index contributed by atoms with van der Waals surface area (Å²) < 4.78 is 0. The molecule has 1 aliphatic heterocycles. The zero-order valence-corrected chi connectivity index (χ0v) is 14.1. The minimum Gasteiger partial charge on any atom is -0.358 e. The topological polar surface area (TPSA) is 70.7 Å². The molecule has 3 aromatic heterocycles. The van der Waals surface area contributed by atoms with Crippen LogP contribution in [0.25, 0.3) is 23.4 Å². The number of H-pyrrole nitrogens is 1. The maximum Gasteiger partial charge on any atom is 0.253 e. The van der Waals surface area contributed by atoms with E-state index in [9.17, 15) is 4.79 Å². The molecule has 4 heterocycles. The molecule has 0 radical (unpaired) electrons. The molecule has 5 heteroatoms. The maximum absolute atomic E-state index is 11.9. The maximum atomic E-state index is 11.9. The molecule has 0 aromatic carbocycles. The smallest absolute Gasteiger partial charge is 0.253 e. The Morgan fingerprint density at radius 3 is 2.85 bits per heavy atom. The zero-order chi connectivity index (χ0) is 17.8. The normalized spacial score (nSPS) is 13.9. The Labute approximate surface area is 151 Å². The average Bonchev–Trinajstić information content (AvgIpc) is 3.12. The standard InChI is InChI=1S/C21H18N4O/c26-21-18-13-20(25-19(18)8-11-24-21)16-7-10-23-17(12-16)6-2-1-4-15-5-3-9-22-14-15/h1-7,9-10,12-14,25H,8,11H2,(H,24,26)/b4-1+,6-2-. The van der Waals surface area contributed by atoms with Gasteiger partial charge in [-0.1, -0.05) is 24.3 Å². The highest BCUT2D eigenvalue weighted by atomic mass is 16.1. The fraction of sp³-hybridized carbons (Fsp3) is 0.0952. The van der Waals surface area contributed by atoms with Crippen LogP contribution in [0.3, 0.4) is 0 Å². The molecule has 4 rings (SSSR count). The first-order chi connectivity index (χ1) is 12.8. The number of pyridine rings is 2. The van der Waals surface area contributed by atoms with Gasteiger partial charge in [0, 0.05) is 48.5 Å². The van der Waals surface area contributed by atoms with Crippen LogP contribution in [-0.4, -0.2) is 27.4 Å². The monoisotopic (exact) mass is 342 g/mol. The Bertz CT molecular complexity index is 986. The lowest BCUT2D eigenvalue weighted by Gasteiger charge is -2.10. The third kappa shape index (κ3) is 3.47. The number of aromatic amines is 1. The van der Waals surface area contributed by atoms with E-state index in [1.54, 1.807) is 12.4 Å². The predicted molar refractivity (Wildman–Crippen MR) is 102 cm³/mol. The SMILES string of the molecule is O=C1NCCc2[nH]c(-c3ccnc(/C=C\C=C\c4cccnc4)c3)cc21. The van der Waals surface area contributed by atoms with Crippen molar-refractivity contribution < 1.29 is 4.79 Å². The van der Waals surface area contributed by atoms with Crippen molar-refractivity contribution in [1.82, 2.24) is 20.3 Å². The molecule has 0 fully saturated rings. The zero-order valence-electron chi connectivity index (χ0n) is 14.1. The molecular formula is C21H18N4O. The quantitative estimate of drug-likeness (QED) is 0.713. The van der Waals surface area contributed by atoms with Gasteiger partial charge >= 0.3 is 0 Å². The number of hydrogen-bond donors (Lipinski definition) is 2. The molecule has 3 aromatic rings. The van der Waals surface area contributed by atoms with Crippen molar-refractivity contribution in [3.8, 4) is 11.3 Å². The number of nitrogens with one attached hydrogen (secondary N) is 2. The third-order valence-electron chi connectivity index (χ3n) is 4.25. The molecule has 1 amide bonds. The molecule has 26 heavy (non-hydrogen) atoms. The van der Waals surface area contributed by atoms with E-state index in [0.29, 0.717) is 6.54 Å². The van der Waals surface area contributed by atoms with Crippen LogP contribution in [-0.2, 0) is 6.42 Å². The van der Waals surface area contributed by atoms with Crippen molar-refractivity contribution >= 4 is 18.1 Å². The highest BCUT2D eigenvalue weighted by Crippen LogP contribution is 2.24. The number of rotatable bonds is 4. The van der Waals surface area contributed by atoms with Gasteiger partial charge in [0.05, 0.1) is 11.3 Å². The molecule has 128 valence electrons. The van der Waals surface area contributed by atoms with E-state index >= 15 is 0 Å². The summed E-state index contributed by atoms with van der Waals surface area (Å²) in [6.07, 6.45) is 14.0. The fourth-order valence-corrected chi connectivity index (χ4v) is 2.95. The third-order valence-corrected chi connectivity index (χ3v) is 4.25. The minimum absolute atomic E-state index is 0.0107. The van der Waals surface area contributed by atoms with E-state index in [0.717, 1.165) is 40.2 Å². The molecule has 5 nitrogen and oxygen atoms in total. The lowest BCUT2D eigenvalue weighted by Crippen LogP contribution is -2.31. The van der Waals surface area contributed by atoms with E-state index in [1.807, 2.05) is 60.8 Å². The number of carbonyl (C=O) groups excluding carboxylic acids is 1. The summed E-state index contributed by atoms with van der Waals surface area (Å²) >= 11 is 0. The van der Waals surface area contributed by atoms with Gasteiger partial charge in [0.1, 0.15) is 0 Å². The second-order valence-corrected chi connectivity index (χ2v) is 6.06. The molecule has 0 aliphatic carbocycles. The second kappa shape index (κ2) is 7.19. The number of aromatic nitrogens is 3. The van der Waals surface area contributed by atoms with Crippen LogP contribution in [0.2, 0.25) is 0 Å². The lowest BCUT2D eigenvalue weighted by atomic mass is 10.1. The Kier molecular flexibility index (Phi) is 4.43. The lowest BCUT2D eigenvalue weighted by molar-refractivity contribution is 0.0946. The van der Waals surface area contributed by atoms with Crippen molar-refractivity contribution in [2.45, 2.75) is 6.42 Å². The first kappa shape index (κ1) is 16.0. The number of fused-ring (bicyclic) bond motifs is 1. The molecule has 0 spiro atoms. The average molecular weight is 342 g/mol. The van der Waals surface area contributed by atoms with E-state index in [-0.39, 0.29) is 5.91 Å². The fourth-order valence-electron chi connectivity index (χ4n) is 2.95. The van der Waals surface area contributed by atoms with Gasteiger partial charge in [-0.05, 0) is 35.9 Å². The van der Waals surface area contributed by atoms with Gasteiger partial charge in [0.15, 0.2) is 0 Å². The van der Waals surface area contributed by atoms with Crippen molar-refractivity contribution in [3.63, 3.8) is 0 Å². The summed E-state index contributed by atoms with van der Waals surface area (Å²) in [6.45, 7) is 0.680. The van der Waals surface area contributed by atoms with Gasteiger partial charge in [0.2, 0.25) is 0 Å². The second-order valence-electron chi connectivity index (χ2n) is 6.06. The Morgan fingerprint density at radius 2 is 2.00 bits per heavy atom. The van der Waals surface area contributed by atoms with Crippen LogP contribution in [0.5, 0.6) is 0 Å². The number of hydrogen-bond acceptors (Lipinski definition) is 3. The molecule has 0 unspecified atom stereocenters. The van der Waals surface area contributed by atoms with Crippen LogP contribution < -0.4 is 5.32 Å². The molecule has 0 saturated carbocycles. The van der Waals surface area contributed by atoms with E-state index in [2.05, 4.69) is 20.3 Å². The highest BCUT2D eigenvalue weighted by molar-refractivity contribution is 5.97. The van der Waals surface area contributed by atoms with Crippen LogP contribution in [0.1, 0.15) is 27.3 Å². The van der Waals surface area contributed by atoms with Crippen LogP contribution in [0.4, 0.5) is 0 Å². The van der Waals surface area contributed by atoms with Gasteiger partial charge in [-0.25, -0.2) is 0 Å². The Balaban J connectivity index is 1.53. The first-order valence-electron chi connectivity index (χ1n) is 8.51. The Morgan fingerprint density at radius 1 is 1.08 bits per heavy atom. The number of amides is 1. The number of allylic oxidation sites excluding steroid dienone is 2. The van der Waals surface area contributed by atoms with Gasteiger partial charge in [-0.15, -0.1) is 0 Å². The van der Waals surface area contributed by atoms with Crippen LogP contribution >= 0.6 is 0 Å². The predicted octanol–water partition coefficient (Wildman–Crippen LogP) is 3.48. The largest absolute Gasteiger partial charge is 0.358 e. The Hall–Kier alpha value is -3.47. The molecule has 1 aliphatic rings. The summed E-state index contributed by atoms with van der Waals surface area (Å²) in [4.78, 5) is 23.7. The van der Waals surface area contributed by atoms with Crippen LogP contribution in [0, 0.1) is 0 Å². The first-order valence-corrected chi connectivity index (χ1v) is 8.51. The number of carbonyl (C=O) groups is 1. The van der Waals surface area contributed by atoms with E-state index in [1.165, 1.54) is 0 Å². The van der Waals surface area contributed by atoms with Gasteiger partial charge in [-0.2, -0.15) is 0 Å². The summed E-state index contributed by atoms with van der Waals surface area (Å²) in [6, 6.07) is 9.76. The summed E-state index contributed by atoms with van der Waals surface area (Å²) in [5.74, 6) is -0.0107. The highest BCUT2D eigenvalue weighted by Gasteiger charge is 2.19.